The Labute approximate surface area is 426 Å². The fourth-order valence-corrected chi connectivity index (χ4v) is 7.70. The lowest BCUT2D eigenvalue weighted by atomic mass is 10.0. The van der Waals surface area contributed by atoms with Gasteiger partial charge in [0.2, 0.25) is 0 Å². The van der Waals surface area contributed by atoms with Gasteiger partial charge in [0.1, 0.15) is 13.2 Å². The average Bonchev–Trinajstić information content (AvgIpc) is 3.35. The van der Waals surface area contributed by atoms with E-state index in [1.807, 2.05) is 0 Å². The van der Waals surface area contributed by atoms with Gasteiger partial charge in [-0.25, -0.2) is 0 Å². The van der Waals surface area contributed by atoms with Gasteiger partial charge in [0, 0.05) is 19.3 Å². The highest BCUT2D eigenvalue weighted by Crippen LogP contribution is 2.14. The Hall–Kier alpha value is -3.67. The van der Waals surface area contributed by atoms with Crippen molar-refractivity contribution in [1.82, 2.24) is 0 Å². The summed E-state index contributed by atoms with van der Waals surface area (Å²) in [5, 5.41) is 0. The normalized spacial score (nSPS) is 12.8. The van der Waals surface area contributed by atoms with Gasteiger partial charge in [-0.2, -0.15) is 0 Å². The van der Waals surface area contributed by atoms with Crippen LogP contribution < -0.4 is 0 Å². The van der Waals surface area contributed by atoms with Crippen LogP contribution in [-0.2, 0) is 28.6 Å². The lowest BCUT2D eigenvalue weighted by Crippen LogP contribution is -2.30. The van der Waals surface area contributed by atoms with Crippen molar-refractivity contribution in [2.75, 3.05) is 13.2 Å². The Kier molecular flexibility index (Phi) is 53.9. The maximum atomic E-state index is 12.8. The van der Waals surface area contributed by atoms with E-state index in [-0.39, 0.29) is 37.5 Å². The van der Waals surface area contributed by atoms with Gasteiger partial charge >= 0.3 is 17.9 Å². The van der Waals surface area contributed by atoms with Gasteiger partial charge in [0.25, 0.3) is 0 Å². The first-order chi connectivity index (χ1) is 34.0. The number of hydrogen-bond acceptors (Lipinski definition) is 6. The summed E-state index contributed by atoms with van der Waals surface area (Å²) in [4.78, 5) is 38.1. The summed E-state index contributed by atoms with van der Waals surface area (Å²) >= 11 is 0. The molecule has 0 saturated heterocycles. The minimum Gasteiger partial charge on any atom is -0.462 e. The average molecular weight is 960 g/mol. The smallest absolute Gasteiger partial charge is 0.306 e. The van der Waals surface area contributed by atoms with Crippen molar-refractivity contribution in [2.24, 2.45) is 0 Å². The van der Waals surface area contributed by atoms with E-state index in [0.717, 1.165) is 109 Å². The fourth-order valence-electron chi connectivity index (χ4n) is 7.70. The van der Waals surface area contributed by atoms with Crippen LogP contribution in [-0.4, -0.2) is 37.2 Å². The van der Waals surface area contributed by atoms with Crippen molar-refractivity contribution in [3.8, 4) is 0 Å². The van der Waals surface area contributed by atoms with E-state index in [1.165, 1.54) is 116 Å². The second kappa shape index (κ2) is 56.9. The Morgan fingerprint density at radius 2 is 0.522 bits per heavy atom. The van der Waals surface area contributed by atoms with Crippen molar-refractivity contribution in [3.63, 3.8) is 0 Å². The SMILES string of the molecule is CCCCC/C=C\C/C=C\C/C=C\C/C=C\CCCCCC(=O)OC[C@@H](COC(=O)CCCCCCCCCCCCCCC)OC(=O)CCCCC/C=C\C/C=C\C/C=C\C/C=C\CCCCC. The molecule has 0 aromatic rings. The topological polar surface area (TPSA) is 78.9 Å². The highest BCUT2D eigenvalue weighted by molar-refractivity contribution is 5.71. The summed E-state index contributed by atoms with van der Waals surface area (Å²) in [5.74, 6) is -0.960. The number of ether oxygens (including phenoxy) is 3. The summed E-state index contributed by atoms with van der Waals surface area (Å²) in [6, 6.07) is 0. The van der Waals surface area contributed by atoms with Gasteiger partial charge < -0.3 is 14.2 Å². The zero-order valence-electron chi connectivity index (χ0n) is 45.0. The molecule has 0 saturated carbocycles. The lowest BCUT2D eigenvalue weighted by Gasteiger charge is -2.18. The number of carbonyl (C=O) groups excluding carboxylic acids is 3. The largest absolute Gasteiger partial charge is 0.462 e. The predicted octanol–water partition coefficient (Wildman–Crippen LogP) is 19.3. The molecule has 6 heteroatoms. The fraction of sp³-hybridized carbons (Fsp3) is 0.698. The van der Waals surface area contributed by atoms with Crippen molar-refractivity contribution in [2.45, 2.75) is 271 Å². The van der Waals surface area contributed by atoms with E-state index >= 15 is 0 Å². The van der Waals surface area contributed by atoms with Crippen molar-refractivity contribution < 1.29 is 28.6 Å². The van der Waals surface area contributed by atoms with Crippen LogP contribution in [0, 0.1) is 0 Å². The van der Waals surface area contributed by atoms with Crippen LogP contribution in [0.1, 0.15) is 265 Å². The molecular formula is C63H106O6. The molecule has 0 aliphatic rings. The summed E-state index contributed by atoms with van der Waals surface area (Å²) in [6.07, 6.45) is 75.3. The molecule has 0 bridgehead atoms. The molecule has 394 valence electrons. The number of carbonyl (C=O) groups is 3. The first-order valence-corrected chi connectivity index (χ1v) is 28.7. The molecule has 0 heterocycles. The van der Waals surface area contributed by atoms with Gasteiger partial charge in [-0.05, 0) is 109 Å². The second-order valence-corrected chi connectivity index (χ2v) is 18.8. The molecule has 0 N–H and O–H groups in total. The number of esters is 3. The highest BCUT2D eigenvalue weighted by Gasteiger charge is 2.19. The standard InChI is InChI=1S/C63H106O6/c1-4-7-10-13-16-19-22-25-27-29-31-33-35-38-41-44-47-50-53-56-62(65)68-59-60(58-67-61(64)55-52-49-46-43-40-37-24-21-18-15-12-9-6-3)69-63(66)57-54-51-48-45-42-39-36-34-32-30-28-26-23-20-17-14-11-8-5-2/h16-17,19-20,25-28,31-34,38-39,41-42,60H,4-15,18,21-24,29-30,35-37,40,43-59H2,1-3H3/b19-16-,20-17-,27-25-,28-26-,33-31-,34-32-,41-38-,42-39-/t60-/m1/s1. The number of unbranched alkanes of at least 4 members (excludes halogenated alkanes) is 24. The summed E-state index contributed by atoms with van der Waals surface area (Å²) < 4.78 is 16.8. The van der Waals surface area contributed by atoms with E-state index in [2.05, 4.69) is 118 Å². The Morgan fingerprint density at radius 1 is 0.290 bits per heavy atom. The van der Waals surface area contributed by atoms with Crippen molar-refractivity contribution in [3.05, 3.63) is 97.2 Å². The first-order valence-electron chi connectivity index (χ1n) is 28.7. The molecule has 0 spiro atoms. The first kappa shape index (κ1) is 65.3. The third-order valence-corrected chi connectivity index (χ3v) is 12.1. The van der Waals surface area contributed by atoms with Crippen LogP contribution in [0.2, 0.25) is 0 Å². The molecular weight excluding hydrogens is 853 g/mol. The number of hydrogen-bond donors (Lipinski definition) is 0. The van der Waals surface area contributed by atoms with Gasteiger partial charge in [-0.1, -0.05) is 234 Å². The molecule has 0 amide bonds. The quantitative estimate of drug-likeness (QED) is 0.0262. The molecule has 6 nitrogen and oxygen atoms in total. The minimum absolute atomic E-state index is 0.0998. The summed E-state index contributed by atoms with van der Waals surface area (Å²) in [6.45, 7) is 6.53. The predicted molar refractivity (Wildman–Crippen MR) is 297 cm³/mol. The minimum atomic E-state index is -0.807. The van der Waals surface area contributed by atoms with Crippen molar-refractivity contribution in [1.29, 1.82) is 0 Å². The van der Waals surface area contributed by atoms with Gasteiger partial charge in [-0.15, -0.1) is 0 Å². The Morgan fingerprint density at radius 3 is 0.841 bits per heavy atom. The Balaban J connectivity index is 4.50. The van der Waals surface area contributed by atoms with Gasteiger partial charge in [0.05, 0.1) is 0 Å². The van der Waals surface area contributed by atoms with Crippen LogP contribution in [0.25, 0.3) is 0 Å². The highest BCUT2D eigenvalue weighted by atomic mass is 16.6. The number of rotatable bonds is 51. The zero-order chi connectivity index (χ0) is 50.0. The van der Waals surface area contributed by atoms with Crippen LogP contribution in [0.5, 0.6) is 0 Å². The summed E-state index contributed by atoms with van der Waals surface area (Å²) in [5.41, 5.74) is 0. The monoisotopic (exact) mass is 959 g/mol. The maximum absolute atomic E-state index is 12.8. The van der Waals surface area contributed by atoms with E-state index in [4.69, 9.17) is 14.2 Å². The van der Waals surface area contributed by atoms with E-state index in [1.54, 1.807) is 0 Å². The summed E-state index contributed by atoms with van der Waals surface area (Å²) in [7, 11) is 0. The van der Waals surface area contributed by atoms with Crippen LogP contribution >= 0.6 is 0 Å². The zero-order valence-corrected chi connectivity index (χ0v) is 45.0. The molecule has 0 aromatic heterocycles. The molecule has 0 aromatic carbocycles. The van der Waals surface area contributed by atoms with E-state index in [0.29, 0.717) is 12.8 Å². The van der Waals surface area contributed by atoms with Crippen molar-refractivity contribution >= 4 is 17.9 Å². The molecule has 69 heavy (non-hydrogen) atoms. The van der Waals surface area contributed by atoms with Crippen LogP contribution in [0.3, 0.4) is 0 Å². The van der Waals surface area contributed by atoms with E-state index < -0.39 is 6.10 Å². The second-order valence-electron chi connectivity index (χ2n) is 18.8. The molecule has 1 atom stereocenters. The molecule has 0 radical (unpaired) electrons. The molecule has 0 aliphatic heterocycles. The van der Waals surface area contributed by atoms with Crippen LogP contribution in [0.4, 0.5) is 0 Å². The Bertz CT molecular complexity index is 1380. The number of allylic oxidation sites excluding steroid dienone is 16. The van der Waals surface area contributed by atoms with Crippen LogP contribution in [0.15, 0.2) is 97.2 Å². The maximum Gasteiger partial charge on any atom is 0.306 e. The lowest BCUT2D eigenvalue weighted by molar-refractivity contribution is -0.167. The van der Waals surface area contributed by atoms with E-state index in [9.17, 15) is 14.4 Å². The molecule has 0 rings (SSSR count). The van der Waals surface area contributed by atoms with Gasteiger partial charge in [-0.3, -0.25) is 14.4 Å². The molecule has 0 aliphatic carbocycles. The third-order valence-electron chi connectivity index (χ3n) is 12.1. The third kappa shape index (κ3) is 55.1. The molecule has 0 fully saturated rings. The molecule has 0 unspecified atom stereocenters. The van der Waals surface area contributed by atoms with Gasteiger partial charge in [0.15, 0.2) is 6.10 Å².